The van der Waals surface area contributed by atoms with Gasteiger partial charge in [-0.25, -0.2) is 14.8 Å². The number of carboxylic acids is 1. The molecule has 1 aliphatic rings. The molecule has 2 heterocycles. The summed E-state index contributed by atoms with van der Waals surface area (Å²) in [6.07, 6.45) is 1.46. The first-order chi connectivity index (χ1) is 8.80. The summed E-state index contributed by atoms with van der Waals surface area (Å²) in [5.74, 6) is -2.30. The zero-order valence-electron chi connectivity index (χ0n) is 9.35. The van der Waals surface area contributed by atoms with Gasteiger partial charge in [0.1, 0.15) is 17.1 Å². The molecular weight excluding hydrogens is 281 g/mol. The highest BCUT2D eigenvalue weighted by Gasteiger charge is 2.40. The average Bonchev–Trinajstić information content (AvgIpc) is 2.71. The first kappa shape index (κ1) is 13.3. The lowest BCUT2D eigenvalue weighted by molar-refractivity contribution is -0.117. The van der Waals surface area contributed by atoms with Gasteiger partial charge in [0.05, 0.1) is 0 Å². The highest BCUT2D eigenvalue weighted by molar-refractivity contribution is 7.87. The van der Waals surface area contributed by atoms with Gasteiger partial charge in [0, 0.05) is 19.2 Å². The quantitative estimate of drug-likeness (QED) is 0.751. The monoisotopic (exact) mass is 289 g/mol. The predicted molar refractivity (Wildman–Crippen MR) is 59.8 cm³/mol. The van der Waals surface area contributed by atoms with E-state index in [0.29, 0.717) is 0 Å². The van der Waals surface area contributed by atoms with Crippen molar-refractivity contribution >= 4 is 27.9 Å². The van der Waals surface area contributed by atoms with Crippen LogP contribution in [0.4, 0.5) is 9.70 Å². The van der Waals surface area contributed by atoms with Crippen molar-refractivity contribution in [1.29, 1.82) is 0 Å². The molecule has 10 heteroatoms. The van der Waals surface area contributed by atoms with Crippen molar-refractivity contribution in [2.75, 3.05) is 11.4 Å². The van der Waals surface area contributed by atoms with Crippen molar-refractivity contribution in [3.63, 3.8) is 0 Å². The summed E-state index contributed by atoms with van der Waals surface area (Å²) in [7, 11) is -4.86. The van der Waals surface area contributed by atoms with Crippen LogP contribution in [0.2, 0.25) is 0 Å². The average molecular weight is 289 g/mol. The maximum atomic E-state index is 12.9. The molecule has 8 nitrogen and oxygen atoms in total. The fraction of sp³-hybridized carbons (Fsp3) is 0.333. The number of carboxylic acid groups (broad SMARTS) is 1. The zero-order valence-corrected chi connectivity index (χ0v) is 10.2. The van der Waals surface area contributed by atoms with E-state index in [0.717, 1.165) is 17.4 Å². The number of carbonyl (C=O) groups excluding carboxylic acids is 1. The van der Waals surface area contributed by atoms with Crippen LogP contribution in [0.15, 0.2) is 12.5 Å². The van der Waals surface area contributed by atoms with Gasteiger partial charge in [0.25, 0.3) is 0 Å². The van der Waals surface area contributed by atoms with Crippen molar-refractivity contribution in [2.45, 2.75) is 11.7 Å². The summed E-state index contributed by atoms with van der Waals surface area (Å²) in [4.78, 5) is 30.6. The van der Waals surface area contributed by atoms with E-state index < -0.39 is 40.3 Å². The molecule has 1 aliphatic heterocycles. The van der Waals surface area contributed by atoms with Crippen molar-refractivity contribution in [3.05, 3.63) is 18.1 Å². The maximum absolute atomic E-state index is 12.9. The normalized spacial score (nSPS) is 19.7. The third-order valence-electron chi connectivity index (χ3n) is 2.67. The van der Waals surface area contributed by atoms with E-state index in [1.165, 1.54) is 0 Å². The minimum Gasteiger partial charge on any atom is -0.477 e. The van der Waals surface area contributed by atoms with E-state index in [1.807, 2.05) is 0 Å². The summed E-state index contributed by atoms with van der Waals surface area (Å²) in [6.45, 7) is -0.463. The summed E-state index contributed by atoms with van der Waals surface area (Å²) in [5, 5.41) is 7.42. The molecule has 1 aromatic heterocycles. The number of rotatable bonds is 3. The molecule has 1 fully saturated rings. The lowest BCUT2D eigenvalue weighted by Gasteiger charge is -2.16. The van der Waals surface area contributed by atoms with Crippen LogP contribution in [0.3, 0.4) is 0 Å². The zero-order chi connectivity index (χ0) is 14.2. The highest BCUT2D eigenvalue weighted by Crippen LogP contribution is 2.26. The van der Waals surface area contributed by atoms with Crippen molar-refractivity contribution in [3.8, 4) is 0 Å². The lowest BCUT2D eigenvalue weighted by atomic mass is 10.3. The third-order valence-corrected chi connectivity index (χ3v) is 3.78. The predicted octanol–water partition coefficient (Wildman–Crippen LogP) is -0.421. The van der Waals surface area contributed by atoms with E-state index in [9.17, 15) is 21.9 Å². The number of hydrogen-bond acceptors (Lipinski definition) is 6. The second-order valence-corrected chi connectivity index (χ2v) is 5.49. The first-order valence-corrected chi connectivity index (χ1v) is 6.52. The SMILES string of the molecule is O=C(O)c1cncnc1N1CC(S(=O)(=O)F)CC1=O. The van der Waals surface area contributed by atoms with Gasteiger partial charge in [0.15, 0.2) is 5.82 Å². The molecule has 1 atom stereocenters. The number of aromatic nitrogens is 2. The van der Waals surface area contributed by atoms with Gasteiger partial charge in [0.2, 0.25) is 5.91 Å². The maximum Gasteiger partial charge on any atom is 0.341 e. The summed E-state index contributed by atoms with van der Waals surface area (Å²) in [6, 6.07) is 0. The Bertz CT molecular complexity index is 647. The minimum atomic E-state index is -4.86. The number of anilines is 1. The Hall–Kier alpha value is -2.10. The highest BCUT2D eigenvalue weighted by atomic mass is 32.3. The van der Waals surface area contributed by atoms with Crippen molar-refractivity contribution in [1.82, 2.24) is 9.97 Å². The van der Waals surface area contributed by atoms with E-state index in [-0.39, 0.29) is 11.4 Å². The number of amides is 1. The molecule has 1 aromatic rings. The summed E-state index contributed by atoms with van der Waals surface area (Å²) < 4.78 is 34.4. The molecule has 19 heavy (non-hydrogen) atoms. The Kier molecular flexibility index (Phi) is 3.18. The molecule has 0 saturated carbocycles. The van der Waals surface area contributed by atoms with Crippen molar-refractivity contribution in [2.24, 2.45) is 0 Å². The van der Waals surface area contributed by atoms with Gasteiger partial charge in [-0.2, -0.15) is 8.42 Å². The number of carbonyl (C=O) groups is 2. The van der Waals surface area contributed by atoms with E-state index >= 15 is 0 Å². The van der Waals surface area contributed by atoms with Crippen LogP contribution in [0, 0.1) is 0 Å². The van der Waals surface area contributed by atoms with Crippen LogP contribution in [0.1, 0.15) is 16.8 Å². The summed E-state index contributed by atoms with van der Waals surface area (Å²) >= 11 is 0. The van der Waals surface area contributed by atoms with Gasteiger partial charge < -0.3 is 5.11 Å². The van der Waals surface area contributed by atoms with Crippen molar-refractivity contribution < 1.29 is 27.0 Å². The van der Waals surface area contributed by atoms with Crippen LogP contribution in [-0.4, -0.2) is 47.2 Å². The molecule has 2 rings (SSSR count). The first-order valence-electron chi connectivity index (χ1n) is 5.08. The van der Waals surface area contributed by atoms with E-state index in [2.05, 4.69) is 9.97 Å². The second-order valence-electron chi connectivity index (χ2n) is 3.87. The Morgan fingerprint density at radius 2 is 2.21 bits per heavy atom. The molecule has 0 spiro atoms. The van der Waals surface area contributed by atoms with Crippen LogP contribution >= 0.6 is 0 Å². The lowest BCUT2D eigenvalue weighted by Crippen LogP contribution is -2.29. The third kappa shape index (κ3) is 2.52. The molecule has 1 saturated heterocycles. The van der Waals surface area contributed by atoms with E-state index in [4.69, 9.17) is 5.11 Å². The number of hydrogen-bond donors (Lipinski definition) is 1. The number of halogens is 1. The molecule has 0 aromatic carbocycles. The fourth-order valence-corrected chi connectivity index (χ4v) is 2.43. The number of nitrogens with zero attached hydrogens (tertiary/aromatic N) is 3. The molecular formula is C9H8FN3O5S. The van der Waals surface area contributed by atoms with Gasteiger partial charge >= 0.3 is 16.2 Å². The second kappa shape index (κ2) is 4.53. The Morgan fingerprint density at radius 1 is 1.53 bits per heavy atom. The Balaban J connectivity index is 2.39. The van der Waals surface area contributed by atoms with Gasteiger partial charge in [-0.05, 0) is 0 Å². The fourth-order valence-electron chi connectivity index (χ4n) is 1.76. The van der Waals surface area contributed by atoms with E-state index in [1.54, 1.807) is 0 Å². The molecule has 1 unspecified atom stereocenters. The van der Waals surface area contributed by atoms with Gasteiger partial charge in [-0.1, -0.05) is 0 Å². The minimum absolute atomic E-state index is 0.237. The van der Waals surface area contributed by atoms with Crippen LogP contribution in [-0.2, 0) is 15.0 Å². The molecule has 0 bridgehead atoms. The number of aromatic carboxylic acids is 1. The largest absolute Gasteiger partial charge is 0.477 e. The van der Waals surface area contributed by atoms with Crippen LogP contribution < -0.4 is 4.90 Å². The topological polar surface area (TPSA) is 118 Å². The van der Waals surface area contributed by atoms with Gasteiger partial charge in [-0.15, -0.1) is 3.89 Å². The Morgan fingerprint density at radius 3 is 2.74 bits per heavy atom. The van der Waals surface area contributed by atoms with Crippen LogP contribution in [0.25, 0.3) is 0 Å². The summed E-state index contributed by atoms with van der Waals surface area (Å²) in [5.41, 5.74) is -0.354. The smallest absolute Gasteiger partial charge is 0.341 e. The molecule has 102 valence electrons. The Labute approximate surface area is 107 Å². The molecule has 1 amide bonds. The molecule has 1 N–H and O–H groups in total. The van der Waals surface area contributed by atoms with Gasteiger partial charge in [-0.3, -0.25) is 9.69 Å². The molecule has 0 radical (unpaired) electrons. The van der Waals surface area contributed by atoms with Crippen LogP contribution in [0.5, 0.6) is 0 Å². The standard InChI is InChI=1S/C9H8FN3O5S/c10-19(17,18)5-1-7(14)13(3-5)8-6(9(15)16)2-11-4-12-8/h2,4-5H,1,3H2,(H,15,16). The molecule has 0 aliphatic carbocycles.